The van der Waals surface area contributed by atoms with Gasteiger partial charge in [-0.1, -0.05) is 26.0 Å². The largest absolute Gasteiger partial charge is 0.382 e. The van der Waals surface area contributed by atoms with Gasteiger partial charge in [-0.2, -0.15) is 0 Å². The zero-order chi connectivity index (χ0) is 12.9. The number of para-hydroxylation sites is 1. The van der Waals surface area contributed by atoms with Crippen molar-refractivity contribution < 1.29 is 8.42 Å². The second-order valence-electron chi connectivity index (χ2n) is 4.27. The molecule has 0 aliphatic carbocycles. The third-order valence-corrected chi connectivity index (χ3v) is 4.68. The van der Waals surface area contributed by atoms with Crippen LogP contribution in [0.1, 0.15) is 33.6 Å². The zero-order valence-corrected chi connectivity index (χ0v) is 11.5. The molecule has 1 atom stereocenters. The number of nitrogens with one attached hydrogen (secondary N) is 1. The van der Waals surface area contributed by atoms with E-state index in [0.717, 1.165) is 12.1 Å². The maximum Gasteiger partial charge on any atom is 0.180 e. The average molecular weight is 255 g/mol. The summed E-state index contributed by atoms with van der Waals surface area (Å²) in [4.78, 5) is 0.419. The van der Waals surface area contributed by atoms with Crippen molar-refractivity contribution in [1.82, 2.24) is 0 Å². The number of hydrogen-bond donors (Lipinski definition) is 1. The van der Waals surface area contributed by atoms with Crippen molar-refractivity contribution in [2.75, 3.05) is 11.1 Å². The third-order valence-electron chi connectivity index (χ3n) is 2.71. The molecule has 0 aliphatic rings. The van der Waals surface area contributed by atoms with Crippen LogP contribution in [0.2, 0.25) is 0 Å². The van der Waals surface area contributed by atoms with Crippen LogP contribution in [-0.4, -0.2) is 20.2 Å². The van der Waals surface area contributed by atoms with Gasteiger partial charge in [-0.25, -0.2) is 8.42 Å². The monoisotopic (exact) mass is 255 g/mol. The molecular weight excluding hydrogens is 234 g/mol. The van der Waals surface area contributed by atoms with Crippen molar-refractivity contribution in [3.63, 3.8) is 0 Å². The number of sulfone groups is 1. The number of benzene rings is 1. The van der Waals surface area contributed by atoms with Crippen LogP contribution >= 0.6 is 0 Å². The van der Waals surface area contributed by atoms with Gasteiger partial charge in [-0.05, 0) is 31.9 Å². The van der Waals surface area contributed by atoms with Crippen molar-refractivity contribution in [2.24, 2.45) is 0 Å². The Hall–Kier alpha value is -1.03. The van der Waals surface area contributed by atoms with Gasteiger partial charge in [-0.15, -0.1) is 0 Å². The molecule has 1 rings (SSSR count). The second kappa shape index (κ2) is 6.05. The highest BCUT2D eigenvalue weighted by Gasteiger charge is 2.17. The summed E-state index contributed by atoms with van der Waals surface area (Å²) < 4.78 is 24.2. The molecule has 0 aliphatic heterocycles. The highest BCUT2D eigenvalue weighted by atomic mass is 32.2. The van der Waals surface area contributed by atoms with Gasteiger partial charge < -0.3 is 5.32 Å². The van der Waals surface area contributed by atoms with Crippen LogP contribution in [0, 0.1) is 0 Å². The predicted molar refractivity (Wildman–Crippen MR) is 72.2 cm³/mol. The van der Waals surface area contributed by atoms with Crippen molar-refractivity contribution >= 4 is 15.5 Å². The van der Waals surface area contributed by atoms with E-state index in [2.05, 4.69) is 12.2 Å². The number of anilines is 1. The highest BCUT2D eigenvalue weighted by molar-refractivity contribution is 7.91. The number of hydrogen-bond acceptors (Lipinski definition) is 3. The zero-order valence-electron chi connectivity index (χ0n) is 10.7. The van der Waals surface area contributed by atoms with Gasteiger partial charge in [0.25, 0.3) is 0 Å². The fourth-order valence-electron chi connectivity index (χ4n) is 1.60. The SMILES string of the molecule is CCCS(=O)(=O)c1ccccc1NC(C)CC. The van der Waals surface area contributed by atoms with E-state index in [1.807, 2.05) is 26.0 Å². The Morgan fingerprint density at radius 2 is 1.88 bits per heavy atom. The maximum atomic E-state index is 12.1. The Bertz CT molecular complexity index is 454. The molecule has 1 aromatic carbocycles. The fraction of sp³-hybridized carbons (Fsp3) is 0.538. The summed E-state index contributed by atoms with van der Waals surface area (Å²) in [6, 6.07) is 7.40. The molecule has 3 nitrogen and oxygen atoms in total. The molecule has 4 heteroatoms. The molecule has 0 bridgehead atoms. The van der Waals surface area contributed by atoms with E-state index >= 15 is 0 Å². The van der Waals surface area contributed by atoms with E-state index in [1.165, 1.54) is 0 Å². The lowest BCUT2D eigenvalue weighted by Gasteiger charge is -2.16. The lowest BCUT2D eigenvalue weighted by atomic mass is 10.2. The van der Waals surface area contributed by atoms with E-state index in [4.69, 9.17) is 0 Å². The minimum Gasteiger partial charge on any atom is -0.382 e. The van der Waals surface area contributed by atoms with Crippen LogP contribution in [0.4, 0.5) is 5.69 Å². The molecule has 0 radical (unpaired) electrons. The molecule has 1 aromatic rings. The van der Waals surface area contributed by atoms with Crippen LogP contribution in [0.5, 0.6) is 0 Å². The Labute approximate surface area is 104 Å². The Balaban J connectivity index is 3.08. The molecular formula is C13H21NO2S. The Morgan fingerprint density at radius 1 is 1.24 bits per heavy atom. The summed E-state index contributed by atoms with van der Waals surface area (Å²) >= 11 is 0. The first-order valence-corrected chi connectivity index (χ1v) is 7.74. The van der Waals surface area contributed by atoms with E-state index in [1.54, 1.807) is 12.1 Å². The topological polar surface area (TPSA) is 46.2 Å². The first-order chi connectivity index (χ1) is 8.01. The van der Waals surface area contributed by atoms with E-state index in [-0.39, 0.29) is 11.8 Å². The lowest BCUT2D eigenvalue weighted by molar-refractivity contribution is 0.594. The summed E-state index contributed by atoms with van der Waals surface area (Å²) in [5.74, 6) is 0.201. The lowest BCUT2D eigenvalue weighted by Crippen LogP contribution is -2.17. The van der Waals surface area contributed by atoms with Crippen LogP contribution < -0.4 is 5.32 Å². The van der Waals surface area contributed by atoms with E-state index < -0.39 is 9.84 Å². The summed E-state index contributed by atoms with van der Waals surface area (Å²) in [7, 11) is -3.16. The first kappa shape index (κ1) is 14.0. The molecule has 0 fully saturated rings. The third kappa shape index (κ3) is 3.73. The molecule has 0 saturated carbocycles. The molecule has 1 N–H and O–H groups in total. The smallest absolute Gasteiger partial charge is 0.180 e. The first-order valence-electron chi connectivity index (χ1n) is 6.09. The van der Waals surface area contributed by atoms with Crippen molar-refractivity contribution in [3.8, 4) is 0 Å². The molecule has 96 valence electrons. The van der Waals surface area contributed by atoms with Gasteiger partial charge in [0.15, 0.2) is 9.84 Å². The Kier molecular flexibility index (Phi) is 5.00. The minimum absolute atomic E-state index is 0.201. The van der Waals surface area contributed by atoms with Gasteiger partial charge in [-0.3, -0.25) is 0 Å². The number of rotatable bonds is 6. The van der Waals surface area contributed by atoms with Crippen molar-refractivity contribution in [1.29, 1.82) is 0 Å². The second-order valence-corrected chi connectivity index (χ2v) is 6.35. The Morgan fingerprint density at radius 3 is 2.47 bits per heavy atom. The average Bonchev–Trinajstić information content (AvgIpc) is 2.29. The minimum atomic E-state index is -3.16. The van der Waals surface area contributed by atoms with Crippen molar-refractivity contribution in [2.45, 2.75) is 44.6 Å². The summed E-state index contributed by atoms with van der Waals surface area (Å²) in [5.41, 5.74) is 0.718. The quantitative estimate of drug-likeness (QED) is 0.849. The van der Waals surface area contributed by atoms with E-state index in [9.17, 15) is 8.42 Å². The van der Waals surface area contributed by atoms with Gasteiger partial charge in [0.1, 0.15) is 0 Å². The normalized spacial score (nSPS) is 13.4. The van der Waals surface area contributed by atoms with Crippen LogP contribution in [0.15, 0.2) is 29.2 Å². The van der Waals surface area contributed by atoms with Crippen molar-refractivity contribution in [3.05, 3.63) is 24.3 Å². The van der Waals surface area contributed by atoms with Crippen LogP contribution in [0.3, 0.4) is 0 Å². The summed E-state index contributed by atoms with van der Waals surface area (Å²) in [5, 5.41) is 3.25. The van der Waals surface area contributed by atoms with Crippen LogP contribution in [0.25, 0.3) is 0 Å². The molecule has 17 heavy (non-hydrogen) atoms. The van der Waals surface area contributed by atoms with Crippen LogP contribution in [-0.2, 0) is 9.84 Å². The standard InChI is InChI=1S/C13H21NO2S/c1-4-10-17(15,16)13-9-7-6-8-12(13)14-11(3)5-2/h6-9,11,14H,4-5,10H2,1-3H3. The fourth-order valence-corrected chi connectivity index (χ4v) is 3.11. The molecule has 0 aromatic heterocycles. The van der Waals surface area contributed by atoms with Gasteiger partial charge >= 0.3 is 0 Å². The predicted octanol–water partition coefficient (Wildman–Crippen LogP) is 3.08. The van der Waals surface area contributed by atoms with Gasteiger partial charge in [0.05, 0.1) is 16.3 Å². The molecule has 0 heterocycles. The molecule has 0 spiro atoms. The van der Waals surface area contributed by atoms with Gasteiger partial charge in [0, 0.05) is 6.04 Å². The molecule has 0 amide bonds. The maximum absolute atomic E-state index is 12.1. The molecule has 0 saturated heterocycles. The molecule has 1 unspecified atom stereocenters. The van der Waals surface area contributed by atoms with E-state index in [0.29, 0.717) is 11.3 Å². The summed E-state index contributed by atoms with van der Waals surface area (Å²) in [6.07, 6.45) is 1.60. The van der Waals surface area contributed by atoms with Gasteiger partial charge in [0.2, 0.25) is 0 Å². The summed E-state index contributed by atoms with van der Waals surface area (Å²) in [6.45, 7) is 5.99. The highest BCUT2D eigenvalue weighted by Crippen LogP contribution is 2.23.